The third kappa shape index (κ3) is 3.62. The molecular weight excluding hydrogens is 494 g/mol. The van der Waals surface area contributed by atoms with E-state index in [2.05, 4.69) is 54.0 Å². The zero-order valence-corrected chi connectivity index (χ0v) is 20.2. The number of anilines is 2. The van der Waals surface area contributed by atoms with Crippen molar-refractivity contribution in [2.24, 2.45) is 0 Å². The molecule has 34 heavy (non-hydrogen) atoms. The summed E-state index contributed by atoms with van der Waals surface area (Å²) in [6, 6.07) is 18.3. The molecule has 4 aromatic rings. The van der Waals surface area contributed by atoms with Crippen molar-refractivity contribution in [2.45, 2.75) is 24.9 Å². The molecule has 0 bridgehead atoms. The van der Waals surface area contributed by atoms with Gasteiger partial charge in [0.05, 0.1) is 5.39 Å². The fraction of sp³-hybridized carbons (Fsp3) is 0.269. The Kier molecular flexibility index (Phi) is 5.25. The Morgan fingerprint density at radius 2 is 1.91 bits per heavy atom. The van der Waals surface area contributed by atoms with Crippen molar-refractivity contribution in [3.05, 3.63) is 82.7 Å². The van der Waals surface area contributed by atoms with Crippen LogP contribution in [0.25, 0.3) is 11.0 Å². The number of fused-ring (bicyclic) bond motifs is 3. The summed E-state index contributed by atoms with van der Waals surface area (Å²) in [7, 11) is 0. The van der Waals surface area contributed by atoms with Crippen molar-refractivity contribution in [2.75, 3.05) is 24.5 Å². The van der Waals surface area contributed by atoms with E-state index >= 15 is 0 Å². The van der Waals surface area contributed by atoms with Gasteiger partial charge in [-0.3, -0.25) is 0 Å². The van der Waals surface area contributed by atoms with Gasteiger partial charge in [-0.1, -0.05) is 46.3 Å². The highest BCUT2D eigenvalue weighted by Crippen LogP contribution is 2.50. The molecule has 4 heterocycles. The van der Waals surface area contributed by atoms with Crippen LogP contribution in [0.1, 0.15) is 24.0 Å². The highest BCUT2D eigenvalue weighted by Gasteiger charge is 2.46. The molecule has 8 heteroatoms. The molecule has 1 fully saturated rings. The van der Waals surface area contributed by atoms with Crippen LogP contribution in [-0.4, -0.2) is 45.6 Å². The highest BCUT2D eigenvalue weighted by atomic mass is 79.9. The van der Waals surface area contributed by atoms with Gasteiger partial charge in [-0.25, -0.2) is 14.8 Å². The molecule has 2 aliphatic heterocycles. The Morgan fingerprint density at radius 1 is 1.09 bits per heavy atom. The number of hydrogen-bond acceptors (Lipinski definition) is 5. The maximum Gasteiger partial charge on any atom is 0.410 e. The molecule has 1 spiro atoms. The van der Waals surface area contributed by atoms with E-state index in [-0.39, 0.29) is 11.5 Å². The summed E-state index contributed by atoms with van der Waals surface area (Å²) in [6.07, 6.45) is 5.01. The van der Waals surface area contributed by atoms with E-state index in [1.54, 1.807) is 6.33 Å². The Labute approximate surface area is 205 Å². The summed E-state index contributed by atoms with van der Waals surface area (Å²) in [6.45, 7) is 2.45. The first-order valence-electron chi connectivity index (χ1n) is 11.4. The molecule has 2 aliphatic rings. The predicted octanol–water partition coefficient (Wildman–Crippen LogP) is 5.54. The number of H-pyrrole nitrogens is 1. The summed E-state index contributed by atoms with van der Waals surface area (Å²) < 4.78 is 6.65. The second kappa shape index (κ2) is 8.43. The van der Waals surface area contributed by atoms with Gasteiger partial charge in [0.2, 0.25) is 0 Å². The predicted molar refractivity (Wildman–Crippen MR) is 134 cm³/mol. The van der Waals surface area contributed by atoms with E-state index in [1.807, 2.05) is 47.5 Å². The Balaban J connectivity index is 1.24. The number of likely N-dealkylation sites (tertiary alicyclic amines) is 1. The van der Waals surface area contributed by atoms with Gasteiger partial charge in [0.1, 0.15) is 24.4 Å². The van der Waals surface area contributed by atoms with E-state index in [1.165, 1.54) is 11.3 Å². The van der Waals surface area contributed by atoms with E-state index in [9.17, 15) is 4.79 Å². The fourth-order valence-electron chi connectivity index (χ4n) is 5.26. The largest absolute Gasteiger partial charge is 0.445 e. The zero-order chi connectivity index (χ0) is 23.1. The van der Waals surface area contributed by atoms with Crippen LogP contribution in [0.3, 0.4) is 0 Å². The molecule has 172 valence electrons. The minimum atomic E-state index is -0.243. The van der Waals surface area contributed by atoms with Crippen LogP contribution in [0.2, 0.25) is 0 Å². The van der Waals surface area contributed by atoms with Crippen LogP contribution < -0.4 is 4.90 Å². The molecule has 0 radical (unpaired) electrons. The van der Waals surface area contributed by atoms with Crippen molar-refractivity contribution < 1.29 is 9.53 Å². The number of aromatic amines is 1. The van der Waals surface area contributed by atoms with E-state index in [0.29, 0.717) is 19.7 Å². The number of nitrogens with zero attached hydrogens (tertiary/aromatic N) is 4. The Bertz CT molecular complexity index is 1350. The molecule has 6 rings (SSSR count). The lowest BCUT2D eigenvalue weighted by molar-refractivity contribution is 0.0791. The summed E-state index contributed by atoms with van der Waals surface area (Å²) in [5, 5.41) is 1.01. The second-order valence-corrected chi connectivity index (χ2v) is 9.91. The van der Waals surface area contributed by atoms with Crippen molar-refractivity contribution in [1.82, 2.24) is 19.9 Å². The number of carbonyl (C=O) groups excluding carboxylic acids is 1. The van der Waals surface area contributed by atoms with Gasteiger partial charge in [-0.2, -0.15) is 0 Å². The van der Waals surface area contributed by atoms with E-state index in [0.717, 1.165) is 46.3 Å². The van der Waals surface area contributed by atoms with Crippen LogP contribution >= 0.6 is 15.9 Å². The molecule has 2 aromatic carbocycles. The number of halogens is 1. The smallest absolute Gasteiger partial charge is 0.410 e. The lowest BCUT2D eigenvalue weighted by Crippen LogP contribution is -2.47. The molecule has 1 amide bonds. The zero-order valence-electron chi connectivity index (χ0n) is 18.6. The van der Waals surface area contributed by atoms with Gasteiger partial charge in [0.15, 0.2) is 0 Å². The van der Waals surface area contributed by atoms with Crippen LogP contribution in [0.5, 0.6) is 0 Å². The topological polar surface area (TPSA) is 74.3 Å². The van der Waals surface area contributed by atoms with Crippen LogP contribution in [-0.2, 0) is 16.8 Å². The minimum absolute atomic E-state index is 0.0527. The molecule has 0 atom stereocenters. The number of aromatic nitrogens is 3. The van der Waals surface area contributed by atoms with Crippen molar-refractivity contribution in [1.29, 1.82) is 0 Å². The summed E-state index contributed by atoms with van der Waals surface area (Å²) >= 11 is 3.67. The molecule has 2 aromatic heterocycles. The Morgan fingerprint density at radius 3 is 2.74 bits per heavy atom. The first kappa shape index (κ1) is 21.2. The maximum atomic E-state index is 12.7. The first-order chi connectivity index (χ1) is 16.6. The van der Waals surface area contributed by atoms with Gasteiger partial charge < -0.3 is 19.5 Å². The summed E-state index contributed by atoms with van der Waals surface area (Å²) in [5.41, 5.74) is 4.25. The summed E-state index contributed by atoms with van der Waals surface area (Å²) in [5.74, 6) is 0.913. The first-order valence-corrected chi connectivity index (χ1v) is 12.2. The number of nitrogens with one attached hydrogen (secondary N) is 1. The maximum absolute atomic E-state index is 12.7. The number of ether oxygens (including phenoxy) is 1. The number of benzene rings is 2. The van der Waals surface area contributed by atoms with E-state index < -0.39 is 0 Å². The SMILES string of the molecule is O=C(OCc1ccccc1)N1CCC2(CC1)CN(c1ncnc3[nH]ccc13)c1ccc(Br)cc12. The lowest BCUT2D eigenvalue weighted by Gasteiger charge is -2.39. The van der Waals surface area contributed by atoms with Crippen LogP contribution in [0.15, 0.2) is 71.6 Å². The molecular formula is C26H24BrN5O2. The number of carbonyl (C=O) groups is 1. The molecule has 1 saturated heterocycles. The van der Waals surface area contributed by atoms with Crippen LogP contribution in [0.4, 0.5) is 16.3 Å². The van der Waals surface area contributed by atoms with Gasteiger partial charge >= 0.3 is 6.09 Å². The minimum Gasteiger partial charge on any atom is -0.445 e. The number of hydrogen-bond donors (Lipinski definition) is 1. The molecule has 0 aliphatic carbocycles. The van der Waals surface area contributed by atoms with Gasteiger partial charge in [0, 0.05) is 41.4 Å². The third-order valence-electron chi connectivity index (χ3n) is 7.05. The fourth-order valence-corrected chi connectivity index (χ4v) is 5.62. The van der Waals surface area contributed by atoms with Gasteiger partial charge in [-0.15, -0.1) is 0 Å². The van der Waals surface area contributed by atoms with Crippen LogP contribution in [0, 0.1) is 0 Å². The summed E-state index contributed by atoms with van der Waals surface area (Å²) in [4.78, 5) is 29.1. The van der Waals surface area contributed by atoms with Crippen molar-refractivity contribution >= 4 is 44.6 Å². The molecule has 7 nitrogen and oxygen atoms in total. The van der Waals surface area contributed by atoms with Gasteiger partial charge in [0.25, 0.3) is 0 Å². The Hall–Kier alpha value is -3.39. The number of amides is 1. The van der Waals surface area contributed by atoms with Crippen molar-refractivity contribution in [3.8, 4) is 0 Å². The molecule has 1 N–H and O–H groups in total. The third-order valence-corrected chi connectivity index (χ3v) is 7.55. The van der Waals surface area contributed by atoms with Crippen molar-refractivity contribution in [3.63, 3.8) is 0 Å². The lowest BCUT2D eigenvalue weighted by atomic mass is 9.74. The average Bonchev–Trinajstić information content (AvgIpc) is 3.47. The number of piperidine rings is 1. The molecule has 0 unspecified atom stereocenters. The standard InChI is InChI=1S/C26H24BrN5O2/c27-19-6-7-22-21(14-19)26(16-32(22)24-20-8-11-28-23(20)29-17-30-24)9-12-31(13-10-26)25(33)34-15-18-4-2-1-3-5-18/h1-8,11,14,17H,9-10,12-13,15-16H2,(H,28,29,30). The second-order valence-electron chi connectivity index (χ2n) is 8.99. The average molecular weight is 518 g/mol. The normalized spacial score (nSPS) is 16.7. The monoisotopic (exact) mass is 517 g/mol. The number of rotatable bonds is 3. The van der Waals surface area contributed by atoms with Gasteiger partial charge in [-0.05, 0) is 48.2 Å². The van der Waals surface area contributed by atoms with E-state index in [4.69, 9.17) is 4.74 Å². The molecule has 0 saturated carbocycles. The quantitative estimate of drug-likeness (QED) is 0.386. The highest BCUT2D eigenvalue weighted by molar-refractivity contribution is 9.10.